The van der Waals surface area contributed by atoms with Crippen LogP contribution in [0.4, 0.5) is 0 Å². The summed E-state index contributed by atoms with van der Waals surface area (Å²) >= 11 is 0. The summed E-state index contributed by atoms with van der Waals surface area (Å²) in [7, 11) is 3.32. The van der Waals surface area contributed by atoms with Crippen LogP contribution in [0.3, 0.4) is 0 Å². The zero-order valence-electron chi connectivity index (χ0n) is 10.4. The summed E-state index contributed by atoms with van der Waals surface area (Å²) in [4.78, 5) is 5.34. The molecule has 0 aromatic heterocycles. The second-order valence-corrected chi connectivity index (χ2v) is 3.79. The van der Waals surface area contributed by atoms with Gasteiger partial charge < -0.3 is 9.47 Å². The summed E-state index contributed by atoms with van der Waals surface area (Å²) in [6.07, 6.45) is 3.58. The van der Waals surface area contributed by atoms with Gasteiger partial charge >= 0.3 is 0 Å². The van der Waals surface area contributed by atoms with Gasteiger partial charge in [-0.05, 0) is 13.3 Å². The van der Waals surface area contributed by atoms with Crippen LogP contribution in [0.5, 0.6) is 0 Å². The molecule has 0 saturated heterocycles. The van der Waals surface area contributed by atoms with E-state index in [-0.39, 0.29) is 6.10 Å². The van der Waals surface area contributed by atoms with E-state index in [2.05, 4.69) is 19.3 Å². The average molecular weight is 219 g/mol. The largest absolute Gasteiger partial charge is 0.382 e. The van der Waals surface area contributed by atoms with E-state index >= 15 is 0 Å². The number of ether oxygens (including phenoxy) is 2. The Balaban J connectivity index is 3.41. The molecule has 0 amide bonds. The number of hydrogen-bond donors (Lipinski definition) is 1. The number of hydrogen-bond acceptors (Lipinski definition) is 4. The molecule has 0 aliphatic carbocycles. The molecule has 0 radical (unpaired) electrons. The lowest BCUT2D eigenvalue weighted by Crippen LogP contribution is -2.32. The van der Waals surface area contributed by atoms with Gasteiger partial charge in [-0.1, -0.05) is 19.8 Å². The zero-order chi connectivity index (χ0) is 11.5. The zero-order valence-corrected chi connectivity index (χ0v) is 10.4. The molecule has 0 saturated carbocycles. The third kappa shape index (κ3) is 8.81. The Bertz CT molecular complexity index is 133. The molecule has 0 heterocycles. The van der Waals surface area contributed by atoms with Crippen LogP contribution in [-0.2, 0) is 14.3 Å². The van der Waals surface area contributed by atoms with Crippen molar-refractivity contribution in [2.45, 2.75) is 45.3 Å². The number of hydroxylamine groups is 1. The predicted octanol–water partition coefficient (Wildman–Crippen LogP) is 1.75. The van der Waals surface area contributed by atoms with Crippen molar-refractivity contribution >= 4 is 0 Å². The second-order valence-electron chi connectivity index (χ2n) is 3.79. The summed E-state index contributed by atoms with van der Waals surface area (Å²) < 4.78 is 10.1. The van der Waals surface area contributed by atoms with Gasteiger partial charge in [-0.2, -0.15) is 5.48 Å². The molecular formula is C11H25NO3. The Hall–Kier alpha value is -0.160. The number of methoxy groups -OCH3 is 2. The minimum Gasteiger partial charge on any atom is -0.382 e. The van der Waals surface area contributed by atoms with E-state index in [0.717, 1.165) is 6.42 Å². The Kier molecular flexibility index (Phi) is 10.3. The van der Waals surface area contributed by atoms with Gasteiger partial charge in [0.05, 0.1) is 13.2 Å². The van der Waals surface area contributed by atoms with Crippen LogP contribution in [0, 0.1) is 0 Å². The van der Waals surface area contributed by atoms with E-state index < -0.39 is 0 Å². The monoisotopic (exact) mass is 219 g/mol. The summed E-state index contributed by atoms with van der Waals surface area (Å²) in [6, 6.07) is 0.394. The third-order valence-electron chi connectivity index (χ3n) is 2.23. The first kappa shape index (κ1) is 14.8. The molecule has 4 nitrogen and oxygen atoms in total. The van der Waals surface area contributed by atoms with Gasteiger partial charge in [0.15, 0.2) is 0 Å². The van der Waals surface area contributed by atoms with Gasteiger partial charge in [-0.25, -0.2) is 0 Å². The fraction of sp³-hybridized carbons (Fsp3) is 1.00. The highest BCUT2D eigenvalue weighted by atomic mass is 16.7. The molecule has 0 aliphatic rings. The quantitative estimate of drug-likeness (QED) is 0.568. The van der Waals surface area contributed by atoms with Gasteiger partial charge in [0, 0.05) is 20.3 Å². The van der Waals surface area contributed by atoms with Crippen molar-refractivity contribution in [3.05, 3.63) is 0 Å². The molecular weight excluding hydrogens is 194 g/mol. The SMILES string of the molecule is CCCCC(C)NOCC(COC)OC. The fourth-order valence-corrected chi connectivity index (χ4v) is 1.22. The lowest BCUT2D eigenvalue weighted by atomic mass is 10.2. The molecule has 92 valence electrons. The van der Waals surface area contributed by atoms with Crippen LogP contribution >= 0.6 is 0 Å². The summed E-state index contributed by atoms with van der Waals surface area (Å²) in [5.41, 5.74) is 3.01. The van der Waals surface area contributed by atoms with Crippen molar-refractivity contribution in [3.63, 3.8) is 0 Å². The predicted molar refractivity (Wildman–Crippen MR) is 60.7 cm³/mol. The van der Waals surface area contributed by atoms with E-state index in [1.807, 2.05) is 0 Å². The number of nitrogens with one attached hydrogen (secondary N) is 1. The van der Waals surface area contributed by atoms with E-state index in [9.17, 15) is 0 Å². The molecule has 0 aromatic carbocycles. The van der Waals surface area contributed by atoms with Crippen molar-refractivity contribution in [1.82, 2.24) is 5.48 Å². The highest BCUT2D eigenvalue weighted by Gasteiger charge is 2.08. The Morgan fingerprint density at radius 2 is 1.93 bits per heavy atom. The molecule has 0 fully saturated rings. The van der Waals surface area contributed by atoms with Gasteiger partial charge in [-0.15, -0.1) is 0 Å². The Morgan fingerprint density at radius 1 is 1.20 bits per heavy atom. The maximum atomic E-state index is 5.34. The molecule has 2 unspecified atom stereocenters. The topological polar surface area (TPSA) is 39.7 Å². The highest BCUT2D eigenvalue weighted by Crippen LogP contribution is 1.99. The first-order valence-corrected chi connectivity index (χ1v) is 5.63. The standard InChI is InChI=1S/C11H25NO3/c1-5-6-7-10(2)12-15-9-11(14-4)8-13-3/h10-12H,5-9H2,1-4H3. The summed E-state index contributed by atoms with van der Waals surface area (Å²) in [6.45, 7) is 5.38. The molecule has 1 N–H and O–H groups in total. The Labute approximate surface area is 93.2 Å². The van der Waals surface area contributed by atoms with Crippen molar-refractivity contribution in [2.24, 2.45) is 0 Å². The van der Waals surface area contributed by atoms with Gasteiger partial charge in [0.2, 0.25) is 0 Å². The molecule has 0 aromatic rings. The molecule has 0 aliphatic heterocycles. The van der Waals surface area contributed by atoms with Crippen LogP contribution in [0.25, 0.3) is 0 Å². The normalized spacial score (nSPS) is 15.2. The van der Waals surface area contributed by atoms with Crippen molar-refractivity contribution in [2.75, 3.05) is 27.4 Å². The van der Waals surface area contributed by atoms with Crippen LogP contribution in [0.2, 0.25) is 0 Å². The van der Waals surface area contributed by atoms with E-state index in [1.165, 1.54) is 12.8 Å². The highest BCUT2D eigenvalue weighted by molar-refractivity contribution is 4.56. The van der Waals surface area contributed by atoms with Crippen LogP contribution in [0.15, 0.2) is 0 Å². The Morgan fingerprint density at radius 3 is 2.47 bits per heavy atom. The van der Waals surface area contributed by atoms with Crippen LogP contribution < -0.4 is 5.48 Å². The first-order valence-electron chi connectivity index (χ1n) is 5.63. The summed E-state index contributed by atoms with van der Waals surface area (Å²) in [5, 5.41) is 0. The number of rotatable bonds is 10. The van der Waals surface area contributed by atoms with Crippen molar-refractivity contribution in [3.8, 4) is 0 Å². The van der Waals surface area contributed by atoms with Crippen LogP contribution in [-0.4, -0.2) is 39.6 Å². The minimum absolute atomic E-state index is 0.000810. The smallest absolute Gasteiger partial charge is 0.106 e. The molecule has 4 heteroatoms. The first-order chi connectivity index (χ1) is 7.24. The van der Waals surface area contributed by atoms with Gasteiger partial charge in [-0.3, -0.25) is 4.84 Å². The molecule has 0 spiro atoms. The van der Waals surface area contributed by atoms with Crippen molar-refractivity contribution < 1.29 is 14.3 Å². The third-order valence-corrected chi connectivity index (χ3v) is 2.23. The van der Waals surface area contributed by atoms with Crippen molar-refractivity contribution in [1.29, 1.82) is 0 Å². The van der Waals surface area contributed by atoms with E-state index in [4.69, 9.17) is 14.3 Å². The van der Waals surface area contributed by atoms with Gasteiger partial charge in [0.1, 0.15) is 6.10 Å². The average Bonchev–Trinajstić information content (AvgIpc) is 2.25. The lowest BCUT2D eigenvalue weighted by molar-refractivity contribution is -0.0696. The maximum absolute atomic E-state index is 5.34. The molecule has 0 rings (SSSR count). The summed E-state index contributed by atoms with van der Waals surface area (Å²) in [5.74, 6) is 0. The van der Waals surface area contributed by atoms with Crippen LogP contribution in [0.1, 0.15) is 33.1 Å². The molecule has 15 heavy (non-hydrogen) atoms. The lowest BCUT2D eigenvalue weighted by Gasteiger charge is -2.17. The molecule has 2 atom stereocenters. The number of unbranched alkanes of at least 4 members (excludes halogenated alkanes) is 1. The minimum atomic E-state index is 0.000810. The van der Waals surface area contributed by atoms with Gasteiger partial charge in [0.25, 0.3) is 0 Å². The fourth-order valence-electron chi connectivity index (χ4n) is 1.22. The molecule has 0 bridgehead atoms. The van der Waals surface area contributed by atoms with E-state index in [0.29, 0.717) is 19.3 Å². The maximum Gasteiger partial charge on any atom is 0.106 e. The second kappa shape index (κ2) is 10.4. The van der Waals surface area contributed by atoms with E-state index in [1.54, 1.807) is 14.2 Å².